The molecule has 3 aliphatic heterocycles. The molecule has 6 rings (SSSR count). The van der Waals surface area contributed by atoms with Crippen molar-refractivity contribution >= 4 is 35.6 Å². The fourth-order valence-electron chi connectivity index (χ4n) is 5.75. The van der Waals surface area contributed by atoms with E-state index >= 15 is 0 Å². The topological polar surface area (TPSA) is 114 Å². The second-order valence-electron chi connectivity index (χ2n) is 12.6. The molecule has 3 amide bonds. The van der Waals surface area contributed by atoms with E-state index in [1.807, 2.05) is 91.0 Å². The van der Waals surface area contributed by atoms with Gasteiger partial charge in [-0.05, 0) is 60.9 Å². The highest BCUT2D eigenvalue weighted by atomic mass is 32.2. The first kappa shape index (κ1) is 33.0. The fourth-order valence-corrected chi connectivity index (χ4v) is 6.94. The van der Waals surface area contributed by atoms with Gasteiger partial charge in [-0.3, -0.25) is 14.4 Å². The molecular weight excluding hydrogens is 630 g/mol. The Hall–Kier alpha value is -4.87. The van der Waals surface area contributed by atoms with Gasteiger partial charge in [0.15, 0.2) is 12.1 Å². The third-order valence-electron chi connectivity index (χ3n) is 8.01. The van der Waals surface area contributed by atoms with Gasteiger partial charge < -0.3 is 19.7 Å². The van der Waals surface area contributed by atoms with Gasteiger partial charge >= 0.3 is 12.1 Å². The first-order valence-electron chi connectivity index (χ1n) is 15.8. The third kappa shape index (κ3) is 7.32. The number of benzene rings is 3. The van der Waals surface area contributed by atoms with Crippen molar-refractivity contribution < 1.29 is 33.5 Å². The summed E-state index contributed by atoms with van der Waals surface area (Å²) < 4.78 is 11.6. The molecule has 2 saturated heterocycles. The standard InChI is InChI=1S/C37H37N3O7S/c1-37(2,3)47-36(44)38-29-33(42)40-30(35(43)46-31(25-15-9-5-10-16-25)26-17-11-6-12-18-26)28(23-48-34(29)40)21-27-19-20-39(32(27)41)45-22-24-13-7-4-8-14-24/h4-18,21,23,29-31,34H,19-20,22H2,1-3H3,(H,38,44). The number of rotatable bonds is 9. The van der Waals surface area contributed by atoms with Crippen molar-refractivity contribution in [1.29, 1.82) is 0 Å². The molecule has 0 aromatic heterocycles. The molecule has 48 heavy (non-hydrogen) atoms. The van der Waals surface area contributed by atoms with Gasteiger partial charge in [0, 0.05) is 5.57 Å². The van der Waals surface area contributed by atoms with Crippen LogP contribution in [0.25, 0.3) is 0 Å². The summed E-state index contributed by atoms with van der Waals surface area (Å²) in [6, 6.07) is 26.2. The number of nitrogens with zero attached hydrogens (tertiary/aromatic N) is 2. The van der Waals surface area contributed by atoms with Gasteiger partial charge in [0.05, 0.1) is 6.54 Å². The number of hydroxylamine groups is 2. The number of amides is 3. The van der Waals surface area contributed by atoms with Crippen LogP contribution in [0.15, 0.2) is 114 Å². The van der Waals surface area contributed by atoms with Gasteiger partial charge in [-0.2, -0.15) is 0 Å². The highest BCUT2D eigenvalue weighted by Gasteiger charge is 2.56. The monoisotopic (exact) mass is 667 g/mol. The molecule has 3 unspecified atom stereocenters. The van der Waals surface area contributed by atoms with Crippen LogP contribution in [0.3, 0.4) is 0 Å². The molecular formula is C37H37N3O7S. The SMILES string of the molecule is CC(C)(C)OC(=O)NC1C(=O)N2C(C(=O)OC(c3ccccc3)c3ccccc3)C(C=C3CCN(OCc4ccccc4)C3=O)=CSC12. The molecule has 0 radical (unpaired) electrons. The van der Waals surface area contributed by atoms with Gasteiger partial charge in [0.1, 0.15) is 23.6 Å². The Morgan fingerprint density at radius 2 is 1.54 bits per heavy atom. The first-order chi connectivity index (χ1) is 23.1. The molecule has 3 atom stereocenters. The number of ether oxygens (including phenoxy) is 2. The van der Waals surface area contributed by atoms with Crippen molar-refractivity contribution in [3.8, 4) is 0 Å². The maximum absolute atomic E-state index is 14.3. The predicted octanol–water partition coefficient (Wildman–Crippen LogP) is 5.67. The molecule has 0 spiro atoms. The van der Waals surface area contributed by atoms with Crippen molar-refractivity contribution in [3.63, 3.8) is 0 Å². The average molecular weight is 668 g/mol. The van der Waals surface area contributed by atoms with Crippen LogP contribution in [0, 0.1) is 0 Å². The summed E-state index contributed by atoms with van der Waals surface area (Å²) in [4.78, 5) is 61.1. The largest absolute Gasteiger partial charge is 0.451 e. The van der Waals surface area contributed by atoms with Gasteiger partial charge in [0.25, 0.3) is 5.91 Å². The second kappa shape index (κ2) is 14.1. The predicted molar refractivity (Wildman–Crippen MR) is 180 cm³/mol. The van der Waals surface area contributed by atoms with Crippen LogP contribution in [0.4, 0.5) is 4.79 Å². The number of esters is 1. The highest BCUT2D eigenvalue weighted by molar-refractivity contribution is 8.03. The molecule has 2 fully saturated rings. The molecule has 1 N–H and O–H groups in total. The summed E-state index contributed by atoms with van der Waals surface area (Å²) in [5.74, 6) is -1.42. The normalized spacial score (nSPS) is 21.5. The van der Waals surface area contributed by atoms with Crippen LogP contribution in [0.1, 0.15) is 50.0 Å². The molecule has 3 aliphatic rings. The van der Waals surface area contributed by atoms with E-state index in [0.717, 1.165) is 16.7 Å². The number of fused-ring (bicyclic) bond motifs is 1. The van der Waals surface area contributed by atoms with Crippen LogP contribution in [-0.4, -0.2) is 63.4 Å². The van der Waals surface area contributed by atoms with Gasteiger partial charge in [-0.1, -0.05) is 91.0 Å². The molecule has 0 aliphatic carbocycles. The quantitative estimate of drug-likeness (QED) is 0.177. The Kier molecular flexibility index (Phi) is 9.70. The number of hydrogen-bond acceptors (Lipinski definition) is 8. The lowest BCUT2D eigenvalue weighted by Crippen LogP contribution is -2.74. The smallest absolute Gasteiger partial charge is 0.408 e. The first-order valence-corrected chi connectivity index (χ1v) is 16.7. The van der Waals surface area contributed by atoms with Crippen LogP contribution in [0.5, 0.6) is 0 Å². The number of alkyl carbamates (subject to hydrolysis) is 1. The van der Waals surface area contributed by atoms with Gasteiger partial charge in [-0.25, -0.2) is 14.7 Å². The summed E-state index contributed by atoms with van der Waals surface area (Å²) in [6.07, 6.45) is 0.584. The zero-order valence-corrected chi connectivity index (χ0v) is 27.7. The van der Waals surface area contributed by atoms with E-state index in [1.165, 1.54) is 21.7 Å². The van der Waals surface area contributed by atoms with E-state index in [0.29, 0.717) is 24.1 Å². The summed E-state index contributed by atoms with van der Waals surface area (Å²) in [7, 11) is 0. The minimum absolute atomic E-state index is 0.240. The number of hydrogen-bond donors (Lipinski definition) is 1. The maximum atomic E-state index is 14.3. The van der Waals surface area contributed by atoms with E-state index in [-0.39, 0.29) is 12.5 Å². The molecule has 10 nitrogen and oxygen atoms in total. The maximum Gasteiger partial charge on any atom is 0.408 e. The summed E-state index contributed by atoms with van der Waals surface area (Å²) >= 11 is 1.28. The minimum Gasteiger partial charge on any atom is -0.451 e. The van der Waals surface area contributed by atoms with Gasteiger partial charge in [-0.15, -0.1) is 11.8 Å². The molecule has 0 saturated carbocycles. The minimum atomic E-state index is -1.16. The highest BCUT2D eigenvalue weighted by Crippen LogP contribution is 2.42. The second-order valence-corrected chi connectivity index (χ2v) is 13.6. The molecule has 248 valence electrons. The molecule has 11 heteroatoms. The Balaban J connectivity index is 1.27. The third-order valence-corrected chi connectivity index (χ3v) is 9.19. The summed E-state index contributed by atoms with van der Waals surface area (Å²) in [6.45, 7) is 5.80. The molecule has 3 heterocycles. The average Bonchev–Trinajstić information content (AvgIpc) is 3.43. The molecule has 3 aromatic carbocycles. The van der Waals surface area contributed by atoms with E-state index < -0.39 is 47.1 Å². The summed E-state index contributed by atoms with van der Waals surface area (Å²) in [5.41, 5.74) is 2.60. The van der Waals surface area contributed by atoms with Crippen LogP contribution in [0.2, 0.25) is 0 Å². The zero-order chi connectivity index (χ0) is 33.8. The Bertz CT molecular complexity index is 1680. The van der Waals surface area contributed by atoms with Crippen LogP contribution in [-0.2, 0) is 35.3 Å². The van der Waals surface area contributed by atoms with Crippen molar-refractivity contribution in [3.05, 3.63) is 130 Å². The van der Waals surface area contributed by atoms with Gasteiger partial charge in [0.2, 0.25) is 5.91 Å². The Labute approximate surface area is 283 Å². The van der Waals surface area contributed by atoms with Crippen LogP contribution < -0.4 is 5.32 Å². The lowest BCUT2D eigenvalue weighted by molar-refractivity contribution is -0.180. The lowest BCUT2D eigenvalue weighted by atomic mass is 9.95. The zero-order valence-electron chi connectivity index (χ0n) is 26.9. The van der Waals surface area contributed by atoms with E-state index in [4.69, 9.17) is 14.3 Å². The van der Waals surface area contributed by atoms with Crippen molar-refractivity contribution in [2.24, 2.45) is 0 Å². The number of carbonyl (C=O) groups is 4. The van der Waals surface area contributed by atoms with E-state index in [9.17, 15) is 19.2 Å². The van der Waals surface area contributed by atoms with Crippen molar-refractivity contribution in [2.75, 3.05) is 6.54 Å². The lowest BCUT2D eigenvalue weighted by Gasteiger charge is -2.51. The molecule has 3 aromatic rings. The number of β-lactam (4-membered cyclic amide) rings is 1. The Morgan fingerprint density at radius 3 is 2.15 bits per heavy atom. The molecule has 0 bridgehead atoms. The van der Waals surface area contributed by atoms with E-state index in [1.54, 1.807) is 32.3 Å². The van der Waals surface area contributed by atoms with Crippen LogP contribution >= 0.6 is 11.8 Å². The van der Waals surface area contributed by atoms with Crippen molar-refractivity contribution in [1.82, 2.24) is 15.3 Å². The number of carbonyl (C=O) groups excluding carboxylic acids is 4. The fraction of sp³-hybridized carbons (Fsp3) is 0.297. The number of nitrogens with one attached hydrogen (secondary N) is 1. The Morgan fingerprint density at radius 1 is 0.938 bits per heavy atom. The summed E-state index contributed by atoms with van der Waals surface area (Å²) in [5, 5.41) is 5.16. The number of thioether (sulfide) groups is 1. The van der Waals surface area contributed by atoms with E-state index in [2.05, 4.69) is 5.32 Å². The van der Waals surface area contributed by atoms with Crippen molar-refractivity contribution in [2.45, 2.75) is 63.0 Å².